The monoisotopic (exact) mass is 557 g/mol. The number of hydrogen-bond acceptors (Lipinski definition) is 6. The fraction of sp³-hybridized carbons (Fsp3) is 0.394. The van der Waals surface area contributed by atoms with Gasteiger partial charge in [0.1, 0.15) is 5.60 Å². The second-order valence-corrected chi connectivity index (χ2v) is 11.6. The third kappa shape index (κ3) is 7.58. The van der Waals surface area contributed by atoms with E-state index in [1.165, 1.54) is 11.1 Å². The molecule has 0 saturated carbocycles. The lowest BCUT2D eigenvalue weighted by atomic mass is 9.91. The van der Waals surface area contributed by atoms with Crippen LogP contribution in [0.15, 0.2) is 78.9 Å². The maximum Gasteiger partial charge on any atom is 0.410 e. The summed E-state index contributed by atoms with van der Waals surface area (Å²) in [6.07, 6.45) is 1.44. The normalized spacial score (nSPS) is 18.3. The van der Waals surface area contributed by atoms with Crippen LogP contribution in [0.4, 0.5) is 10.5 Å². The first-order valence-corrected chi connectivity index (χ1v) is 14.3. The summed E-state index contributed by atoms with van der Waals surface area (Å²) in [5.41, 5.74) is 2.35. The molecule has 1 N–H and O–H groups in total. The van der Waals surface area contributed by atoms with E-state index in [1.807, 2.05) is 57.2 Å². The predicted molar refractivity (Wildman–Crippen MR) is 158 cm³/mol. The van der Waals surface area contributed by atoms with E-state index in [-0.39, 0.29) is 37.3 Å². The summed E-state index contributed by atoms with van der Waals surface area (Å²) in [7, 11) is 0. The zero-order chi connectivity index (χ0) is 28.8. The molecule has 2 aliphatic rings. The molecule has 41 heavy (non-hydrogen) atoms. The molecule has 216 valence electrons. The van der Waals surface area contributed by atoms with Crippen molar-refractivity contribution in [3.8, 4) is 11.5 Å². The van der Waals surface area contributed by atoms with Gasteiger partial charge in [-0.25, -0.2) is 4.79 Å². The van der Waals surface area contributed by atoms with Gasteiger partial charge >= 0.3 is 6.09 Å². The van der Waals surface area contributed by atoms with Crippen molar-refractivity contribution >= 4 is 17.7 Å². The van der Waals surface area contributed by atoms with Gasteiger partial charge in [-0.15, -0.1) is 0 Å². The predicted octanol–water partition coefficient (Wildman–Crippen LogP) is 6.21. The number of hydrogen-bond donors (Lipinski definition) is 1. The molecule has 1 fully saturated rings. The van der Waals surface area contributed by atoms with Crippen molar-refractivity contribution in [3.63, 3.8) is 0 Å². The number of piperidine rings is 1. The van der Waals surface area contributed by atoms with Crippen molar-refractivity contribution in [3.05, 3.63) is 90.0 Å². The lowest BCUT2D eigenvalue weighted by Crippen LogP contribution is -2.58. The zero-order valence-electron chi connectivity index (χ0n) is 24.0. The first kappa shape index (κ1) is 28.5. The van der Waals surface area contributed by atoms with Gasteiger partial charge in [-0.1, -0.05) is 60.7 Å². The first-order chi connectivity index (χ1) is 19.7. The number of ether oxygens (including phenoxy) is 3. The van der Waals surface area contributed by atoms with Crippen LogP contribution in [-0.2, 0) is 22.6 Å². The molecule has 2 amide bonds. The van der Waals surface area contributed by atoms with Crippen LogP contribution in [0.25, 0.3) is 0 Å². The van der Waals surface area contributed by atoms with Crippen LogP contribution in [0, 0.1) is 0 Å². The van der Waals surface area contributed by atoms with Crippen LogP contribution in [0.5, 0.6) is 11.5 Å². The van der Waals surface area contributed by atoms with E-state index in [0.717, 1.165) is 12.8 Å². The van der Waals surface area contributed by atoms with E-state index >= 15 is 0 Å². The molecule has 3 aromatic carbocycles. The van der Waals surface area contributed by atoms with Crippen LogP contribution < -0.4 is 14.8 Å². The number of likely N-dealkylation sites (tertiary alicyclic amines) is 1. The molecule has 2 atom stereocenters. The van der Waals surface area contributed by atoms with Gasteiger partial charge in [0.15, 0.2) is 11.5 Å². The Hall–Kier alpha value is -4.04. The molecule has 0 aliphatic carbocycles. The zero-order valence-corrected chi connectivity index (χ0v) is 24.0. The smallest absolute Gasteiger partial charge is 0.410 e. The van der Waals surface area contributed by atoms with Gasteiger partial charge in [-0.2, -0.15) is 0 Å². The summed E-state index contributed by atoms with van der Waals surface area (Å²) >= 11 is 0. The highest BCUT2D eigenvalue weighted by Crippen LogP contribution is 2.35. The Morgan fingerprint density at radius 2 is 1.56 bits per heavy atom. The molecule has 1 saturated heterocycles. The minimum atomic E-state index is -0.642. The van der Waals surface area contributed by atoms with Crippen LogP contribution >= 0.6 is 0 Å². The highest BCUT2D eigenvalue weighted by atomic mass is 16.7. The van der Waals surface area contributed by atoms with Gasteiger partial charge in [0.25, 0.3) is 0 Å². The molecule has 5 rings (SSSR count). The molecule has 0 unspecified atom stereocenters. The van der Waals surface area contributed by atoms with Gasteiger partial charge in [0, 0.05) is 43.9 Å². The standard InChI is InChI=1S/C33H39N3O5/c1-33(2,3)41-32(38)36-18-10-15-27(28(36)20-31(37)34-26-16-17-29-30(19-26)40-23-39-29)35(21-24-11-6-4-7-12-24)22-25-13-8-5-9-14-25/h4-9,11-14,16-17,19,27-28H,10,15,18,20-23H2,1-3H3,(H,34,37)/t27-,28+/m0/s1. The number of nitrogens with one attached hydrogen (secondary N) is 1. The lowest BCUT2D eigenvalue weighted by Gasteiger charge is -2.46. The fourth-order valence-electron chi connectivity index (χ4n) is 5.56. The number of anilines is 1. The molecule has 0 aromatic heterocycles. The van der Waals surface area contributed by atoms with E-state index < -0.39 is 5.60 Å². The molecule has 3 aromatic rings. The molecule has 0 bridgehead atoms. The summed E-state index contributed by atoms with van der Waals surface area (Å²) in [5.74, 6) is 1.09. The van der Waals surface area contributed by atoms with Crippen LogP contribution in [-0.4, -0.2) is 52.8 Å². The molecule has 8 nitrogen and oxygen atoms in total. The van der Waals surface area contributed by atoms with E-state index in [9.17, 15) is 9.59 Å². The minimum absolute atomic E-state index is 0.0563. The van der Waals surface area contributed by atoms with Crippen molar-refractivity contribution in [2.45, 2.75) is 70.8 Å². The molecular formula is C33H39N3O5. The Balaban J connectivity index is 1.43. The van der Waals surface area contributed by atoms with Gasteiger partial charge in [0.2, 0.25) is 12.7 Å². The van der Waals surface area contributed by atoms with Gasteiger partial charge < -0.3 is 24.4 Å². The van der Waals surface area contributed by atoms with Crippen LogP contribution in [0.3, 0.4) is 0 Å². The van der Waals surface area contributed by atoms with Crippen molar-refractivity contribution in [2.75, 3.05) is 18.7 Å². The SMILES string of the molecule is CC(C)(C)OC(=O)N1CCC[C@H](N(Cc2ccccc2)Cc2ccccc2)[C@H]1CC(=O)Nc1ccc2c(c1)OCO2. The molecular weight excluding hydrogens is 518 g/mol. The lowest BCUT2D eigenvalue weighted by molar-refractivity contribution is -0.118. The highest BCUT2D eigenvalue weighted by molar-refractivity contribution is 5.92. The second-order valence-electron chi connectivity index (χ2n) is 11.6. The fourth-order valence-corrected chi connectivity index (χ4v) is 5.56. The Bertz CT molecular complexity index is 1280. The third-order valence-electron chi connectivity index (χ3n) is 7.35. The van der Waals surface area contributed by atoms with Gasteiger partial charge in [0.05, 0.1) is 6.04 Å². The van der Waals surface area contributed by atoms with E-state index in [0.29, 0.717) is 36.8 Å². The summed E-state index contributed by atoms with van der Waals surface area (Å²) in [5, 5.41) is 3.01. The molecule has 0 radical (unpaired) electrons. The number of nitrogens with zero attached hydrogens (tertiary/aromatic N) is 2. The van der Waals surface area contributed by atoms with Crippen molar-refractivity contribution < 1.29 is 23.8 Å². The van der Waals surface area contributed by atoms with Gasteiger partial charge in [-0.3, -0.25) is 9.69 Å². The molecule has 2 heterocycles. The average Bonchev–Trinajstić information content (AvgIpc) is 3.41. The summed E-state index contributed by atoms with van der Waals surface area (Å²) in [4.78, 5) is 31.2. The maximum atomic E-state index is 13.5. The van der Waals surface area contributed by atoms with Crippen molar-refractivity contribution in [1.29, 1.82) is 0 Å². The Kier molecular flexibility index (Phi) is 8.78. The van der Waals surface area contributed by atoms with E-state index in [1.54, 1.807) is 23.1 Å². The Morgan fingerprint density at radius 1 is 0.927 bits per heavy atom. The second kappa shape index (κ2) is 12.6. The number of carbonyl (C=O) groups is 2. The van der Waals surface area contributed by atoms with Crippen LogP contribution in [0.2, 0.25) is 0 Å². The molecule has 2 aliphatic heterocycles. The molecule has 0 spiro atoms. The van der Waals surface area contributed by atoms with Gasteiger partial charge in [-0.05, 0) is 56.9 Å². The number of amides is 2. The topological polar surface area (TPSA) is 80.3 Å². The largest absolute Gasteiger partial charge is 0.454 e. The van der Waals surface area contributed by atoms with Crippen molar-refractivity contribution in [2.24, 2.45) is 0 Å². The molecule has 8 heteroatoms. The Morgan fingerprint density at radius 3 is 2.20 bits per heavy atom. The van der Waals surface area contributed by atoms with Crippen molar-refractivity contribution in [1.82, 2.24) is 9.80 Å². The van der Waals surface area contributed by atoms with E-state index in [4.69, 9.17) is 14.2 Å². The first-order valence-electron chi connectivity index (χ1n) is 14.3. The summed E-state index contributed by atoms with van der Waals surface area (Å²) in [6.45, 7) is 7.70. The average molecular weight is 558 g/mol. The Labute approximate surface area is 242 Å². The quantitative estimate of drug-likeness (QED) is 0.355. The number of benzene rings is 3. The summed E-state index contributed by atoms with van der Waals surface area (Å²) < 4.78 is 16.7. The number of carbonyl (C=O) groups excluding carboxylic acids is 2. The van der Waals surface area contributed by atoms with E-state index in [2.05, 4.69) is 34.5 Å². The summed E-state index contributed by atoms with van der Waals surface area (Å²) in [6, 6.07) is 25.6. The number of fused-ring (bicyclic) bond motifs is 1. The number of rotatable bonds is 8. The third-order valence-corrected chi connectivity index (χ3v) is 7.35. The minimum Gasteiger partial charge on any atom is -0.454 e. The highest BCUT2D eigenvalue weighted by Gasteiger charge is 2.40. The van der Waals surface area contributed by atoms with Crippen LogP contribution in [0.1, 0.15) is 51.2 Å². The maximum absolute atomic E-state index is 13.5.